The normalized spacial score (nSPS) is 25.5. The summed E-state index contributed by atoms with van der Waals surface area (Å²) in [6.07, 6.45) is 0.970. The predicted octanol–water partition coefficient (Wildman–Crippen LogP) is 0.693. The van der Waals surface area contributed by atoms with Crippen molar-refractivity contribution < 1.29 is 4.79 Å². The number of carbonyl (C=O) groups is 1. The highest BCUT2D eigenvalue weighted by molar-refractivity contribution is 5.83. The van der Waals surface area contributed by atoms with Gasteiger partial charge in [0.1, 0.15) is 0 Å². The van der Waals surface area contributed by atoms with Gasteiger partial charge in [0.2, 0.25) is 5.91 Å². The van der Waals surface area contributed by atoms with Crippen molar-refractivity contribution in [2.75, 3.05) is 32.7 Å². The SMILES string of the molecule is O=C1NCCC1N1CCN(Cc2ccccc2)CC1. The fourth-order valence-electron chi connectivity index (χ4n) is 3.00. The molecular weight excluding hydrogens is 238 g/mol. The van der Waals surface area contributed by atoms with Crippen LogP contribution in [0.5, 0.6) is 0 Å². The highest BCUT2D eigenvalue weighted by atomic mass is 16.2. The van der Waals surface area contributed by atoms with Gasteiger partial charge in [0, 0.05) is 39.3 Å². The molecule has 2 fully saturated rings. The molecule has 1 unspecified atom stereocenters. The van der Waals surface area contributed by atoms with E-state index in [1.54, 1.807) is 0 Å². The lowest BCUT2D eigenvalue weighted by Gasteiger charge is -2.37. The largest absolute Gasteiger partial charge is 0.355 e. The molecule has 4 heteroatoms. The van der Waals surface area contributed by atoms with Gasteiger partial charge in [-0.1, -0.05) is 30.3 Å². The van der Waals surface area contributed by atoms with Crippen molar-refractivity contribution in [3.05, 3.63) is 35.9 Å². The van der Waals surface area contributed by atoms with Gasteiger partial charge in [-0.15, -0.1) is 0 Å². The van der Waals surface area contributed by atoms with Crippen LogP contribution in [0, 0.1) is 0 Å². The maximum atomic E-state index is 11.7. The standard InChI is InChI=1S/C15H21N3O/c19-15-14(6-7-16-15)18-10-8-17(9-11-18)12-13-4-2-1-3-5-13/h1-5,14H,6-12H2,(H,16,19). The Balaban J connectivity index is 1.51. The summed E-state index contributed by atoms with van der Waals surface area (Å²) in [4.78, 5) is 16.5. The number of amides is 1. The molecule has 0 radical (unpaired) electrons. The van der Waals surface area contributed by atoms with Crippen LogP contribution < -0.4 is 5.32 Å². The molecule has 1 amide bonds. The molecule has 2 aliphatic rings. The molecule has 0 aliphatic carbocycles. The summed E-state index contributed by atoms with van der Waals surface area (Å²) in [5.74, 6) is 0.219. The average molecular weight is 259 g/mol. The number of hydrogen-bond acceptors (Lipinski definition) is 3. The van der Waals surface area contributed by atoms with Gasteiger partial charge in [-0.2, -0.15) is 0 Å². The van der Waals surface area contributed by atoms with Crippen LogP contribution in [0.3, 0.4) is 0 Å². The Hall–Kier alpha value is -1.39. The number of nitrogens with one attached hydrogen (secondary N) is 1. The van der Waals surface area contributed by atoms with E-state index in [2.05, 4.69) is 45.4 Å². The third kappa shape index (κ3) is 2.96. The molecule has 2 saturated heterocycles. The van der Waals surface area contributed by atoms with Crippen molar-refractivity contribution in [3.8, 4) is 0 Å². The van der Waals surface area contributed by atoms with Gasteiger partial charge in [0.15, 0.2) is 0 Å². The molecule has 2 aliphatic heterocycles. The van der Waals surface area contributed by atoms with Crippen molar-refractivity contribution in [1.82, 2.24) is 15.1 Å². The van der Waals surface area contributed by atoms with E-state index in [0.717, 1.165) is 45.7 Å². The molecule has 0 bridgehead atoms. The Kier molecular flexibility index (Phi) is 3.80. The van der Waals surface area contributed by atoms with Crippen molar-refractivity contribution in [3.63, 3.8) is 0 Å². The summed E-state index contributed by atoms with van der Waals surface area (Å²) in [7, 11) is 0. The third-order valence-electron chi connectivity index (χ3n) is 4.12. The fourth-order valence-corrected chi connectivity index (χ4v) is 3.00. The molecule has 2 heterocycles. The van der Waals surface area contributed by atoms with Gasteiger partial charge >= 0.3 is 0 Å². The molecule has 0 aromatic heterocycles. The second kappa shape index (κ2) is 5.72. The molecule has 19 heavy (non-hydrogen) atoms. The van der Waals surface area contributed by atoms with Crippen LogP contribution in [-0.4, -0.2) is 54.5 Å². The van der Waals surface area contributed by atoms with Crippen LogP contribution in [0.15, 0.2) is 30.3 Å². The lowest BCUT2D eigenvalue weighted by atomic mass is 10.1. The van der Waals surface area contributed by atoms with Crippen LogP contribution in [0.25, 0.3) is 0 Å². The first-order valence-corrected chi connectivity index (χ1v) is 7.11. The van der Waals surface area contributed by atoms with E-state index in [4.69, 9.17) is 0 Å². The lowest BCUT2D eigenvalue weighted by molar-refractivity contribution is -0.124. The van der Waals surface area contributed by atoms with Gasteiger partial charge in [-0.05, 0) is 12.0 Å². The summed E-state index contributed by atoms with van der Waals surface area (Å²) in [5.41, 5.74) is 1.37. The third-order valence-corrected chi connectivity index (χ3v) is 4.12. The minimum Gasteiger partial charge on any atom is -0.355 e. The smallest absolute Gasteiger partial charge is 0.237 e. The molecule has 4 nitrogen and oxygen atoms in total. The summed E-state index contributed by atoms with van der Waals surface area (Å²) in [6, 6.07) is 10.7. The zero-order valence-electron chi connectivity index (χ0n) is 11.2. The van der Waals surface area contributed by atoms with Crippen LogP contribution in [-0.2, 0) is 11.3 Å². The van der Waals surface area contributed by atoms with Gasteiger partial charge in [-0.25, -0.2) is 0 Å². The van der Waals surface area contributed by atoms with Gasteiger partial charge in [0.05, 0.1) is 6.04 Å². The second-order valence-electron chi connectivity index (χ2n) is 5.39. The first-order valence-electron chi connectivity index (χ1n) is 7.11. The molecular formula is C15H21N3O. The van der Waals surface area contributed by atoms with Gasteiger partial charge in [0.25, 0.3) is 0 Å². The van der Waals surface area contributed by atoms with E-state index in [9.17, 15) is 4.79 Å². The van der Waals surface area contributed by atoms with Crippen molar-refractivity contribution >= 4 is 5.91 Å². The van der Waals surface area contributed by atoms with Gasteiger partial charge in [-0.3, -0.25) is 14.6 Å². The van der Waals surface area contributed by atoms with Crippen LogP contribution in [0.4, 0.5) is 0 Å². The quantitative estimate of drug-likeness (QED) is 0.867. The fraction of sp³-hybridized carbons (Fsp3) is 0.533. The van der Waals surface area contributed by atoms with E-state index in [1.807, 2.05) is 0 Å². The Morgan fingerprint density at radius 2 is 1.84 bits per heavy atom. The van der Waals surface area contributed by atoms with Gasteiger partial charge < -0.3 is 5.32 Å². The predicted molar refractivity (Wildman–Crippen MR) is 74.7 cm³/mol. The zero-order valence-corrected chi connectivity index (χ0v) is 11.2. The molecule has 1 atom stereocenters. The van der Waals surface area contributed by atoms with E-state index < -0.39 is 0 Å². The second-order valence-corrected chi connectivity index (χ2v) is 5.39. The van der Waals surface area contributed by atoms with E-state index in [0.29, 0.717) is 0 Å². The monoisotopic (exact) mass is 259 g/mol. The first-order chi connectivity index (χ1) is 9.33. The Morgan fingerprint density at radius 1 is 1.11 bits per heavy atom. The minimum atomic E-state index is 0.124. The number of benzene rings is 1. The first kappa shape index (κ1) is 12.6. The van der Waals surface area contributed by atoms with Crippen LogP contribution in [0.2, 0.25) is 0 Å². The lowest BCUT2D eigenvalue weighted by Crippen LogP contribution is -2.51. The summed E-state index contributed by atoms with van der Waals surface area (Å²) < 4.78 is 0. The molecule has 0 spiro atoms. The topological polar surface area (TPSA) is 35.6 Å². The van der Waals surface area contributed by atoms with Crippen molar-refractivity contribution in [1.29, 1.82) is 0 Å². The number of nitrogens with zero attached hydrogens (tertiary/aromatic N) is 2. The van der Waals surface area contributed by atoms with Crippen LogP contribution in [0.1, 0.15) is 12.0 Å². The summed E-state index contributed by atoms with van der Waals surface area (Å²) >= 11 is 0. The maximum Gasteiger partial charge on any atom is 0.237 e. The Bertz CT molecular complexity index is 426. The molecule has 102 valence electrons. The van der Waals surface area contributed by atoms with Crippen molar-refractivity contribution in [2.24, 2.45) is 0 Å². The number of hydrogen-bond donors (Lipinski definition) is 1. The highest BCUT2D eigenvalue weighted by Crippen LogP contribution is 2.14. The minimum absolute atomic E-state index is 0.124. The number of piperazine rings is 1. The molecule has 1 N–H and O–H groups in total. The van der Waals surface area contributed by atoms with Crippen molar-refractivity contribution in [2.45, 2.75) is 19.0 Å². The number of rotatable bonds is 3. The maximum absolute atomic E-state index is 11.7. The highest BCUT2D eigenvalue weighted by Gasteiger charge is 2.31. The number of carbonyl (C=O) groups excluding carboxylic acids is 1. The van der Waals surface area contributed by atoms with E-state index in [-0.39, 0.29) is 11.9 Å². The molecule has 3 rings (SSSR count). The summed E-state index contributed by atoms with van der Waals surface area (Å²) in [6.45, 7) is 5.98. The van der Waals surface area contributed by atoms with E-state index >= 15 is 0 Å². The van der Waals surface area contributed by atoms with Crippen LogP contribution >= 0.6 is 0 Å². The summed E-state index contributed by atoms with van der Waals surface area (Å²) in [5, 5.41) is 2.92. The Labute approximate surface area is 114 Å². The average Bonchev–Trinajstić information content (AvgIpc) is 2.87. The molecule has 0 saturated carbocycles. The Morgan fingerprint density at radius 3 is 2.47 bits per heavy atom. The zero-order chi connectivity index (χ0) is 13.1. The molecule has 1 aromatic rings. The molecule has 1 aromatic carbocycles. The van der Waals surface area contributed by atoms with E-state index in [1.165, 1.54) is 5.56 Å².